The van der Waals surface area contributed by atoms with Crippen molar-refractivity contribution in [1.29, 1.82) is 0 Å². The molecule has 1 saturated heterocycles. The highest BCUT2D eigenvalue weighted by atomic mass is 16.5. The molecule has 31 heavy (non-hydrogen) atoms. The van der Waals surface area contributed by atoms with Gasteiger partial charge in [-0.1, -0.05) is 32.6 Å². The zero-order valence-electron chi connectivity index (χ0n) is 18.8. The molecule has 2 aliphatic rings. The van der Waals surface area contributed by atoms with Gasteiger partial charge in [0, 0.05) is 42.0 Å². The number of piperidine rings is 1. The highest BCUT2D eigenvalue weighted by Gasteiger charge is 2.31. The Morgan fingerprint density at radius 1 is 1.06 bits per heavy atom. The van der Waals surface area contributed by atoms with Crippen molar-refractivity contribution in [1.82, 2.24) is 15.2 Å². The van der Waals surface area contributed by atoms with Crippen LogP contribution >= 0.6 is 0 Å². The molecule has 0 spiro atoms. The van der Waals surface area contributed by atoms with Gasteiger partial charge in [-0.05, 0) is 49.8 Å². The third kappa shape index (κ3) is 5.05. The lowest BCUT2D eigenvalue weighted by Gasteiger charge is -2.34. The first-order valence-electron chi connectivity index (χ1n) is 11.8. The molecule has 4 rings (SSSR count). The number of fused-ring (bicyclic) bond motifs is 1. The highest BCUT2D eigenvalue weighted by molar-refractivity contribution is 5.98. The largest absolute Gasteiger partial charge is 0.497 e. The molecular weight excluding hydrogens is 390 g/mol. The number of carbonyl (C=O) groups is 2. The van der Waals surface area contributed by atoms with Crippen LogP contribution in [0, 0.1) is 11.8 Å². The molecule has 2 fully saturated rings. The van der Waals surface area contributed by atoms with E-state index in [1.165, 1.54) is 25.7 Å². The number of carbonyl (C=O) groups excluding carboxylic acids is 2. The number of likely N-dealkylation sites (tertiary alicyclic amines) is 1. The number of amides is 2. The van der Waals surface area contributed by atoms with E-state index in [0.717, 1.165) is 42.3 Å². The average molecular weight is 426 g/mol. The maximum atomic E-state index is 13.0. The molecule has 2 N–H and O–H groups in total. The summed E-state index contributed by atoms with van der Waals surface area (Å²) < 4.78 is 5.27. The van der Waals surface area contributed by atoms with Gasteiger partial charge in [0.2, 0.25) is 5.91 Å². The molecule has 1 aromatic carbocycles. The number of benzene rings is 1. The van der Waals surface area contributed by atoms with Gasteiger partial charge in [-0.2, -0.15) is 0 Å². The molecule has 1 aliphatic heterocycles. The van der Waals surface area contributed by atoms with Gasteiger partial charge >= 0.3 is 0 Å². The van der Waals surface area contributed by atoms with Gasteiger partial charge in [0.05, 0.1) is 7.11 Å². The van der Waals surface area contributed by atoms with Crippen LogP contribution in [-0.4, -0.2) is 47.9 Å². The number of H-pyrrole nitrogens is 1. The van der Waals surface area contributed by atoms with Gasteiger partial charge in [0.1, 0.15) is 11.4 Å². The van der Waals surface area contributed by atoms with Crippen molar-refractivity contribution in [3.05, 3.63) is 30.0 Å². The number of methoxy groups -OCH3 is 1. The van der Waals surface area contributed by atoms with Crippen LogP contribution in [0.25, 0.3) is 10.9 Å². The Kier molecular flexibility index (Phi) is 6.83. The van der Waals surface area contributed by atoms with Gasteiger partial charge in [-0.15, -0.1) is 0 Å². The van der Waals surface area contributed by atoms with E-state index < -0.39 is 0 Å². The summed E-state index contributed by atoms with van der Waals surface area (Å²) in [6.45, 7) is 3.45. The Hall–Kier alpha value is -2.50. The zero-order valence-corrected chi connectivity index (χ0v) is 18.8. The smallest absolute Gasteiger partial charge is 0.270 e. The monoisotopic (exact) mass is 425 g/mol. The second kappa shape index (κ2) is 9.75. The zero-order chi connectivity index (χ0) is 21.8. The predicted octanol–water partition coefficient (Wildman–Crippen LogP) is 4.50. The Labute approximate surface area is 184 Å². The van der Waals surface area contributed by atoms with Gasteiger partial charge in [0.15, 0.2) is 0 Å². The molecule has 0 unspecified atom stereocenters. The van der Waals surface area contributed by atoms with E-state index in [4.69, 9.17) is 4.74 Å². The van der Waals surface area contributed by atoms with E-state index in [1.807, 2.05) is 29.2 Å². The summed E-state index contributed by atoms with van der Waals surface area (Å²) in [6, 6.07) is 8.03. The normalized spacial score (nSPS) is 19.7. The summed E-state index contributed by atoms with van der Waals surface area (Å²) in [5, 5.41) is 4.31. The van der Waals surface area contributed by atoms with Crippen molar-refractivity contribution < 1.29 is 14.3 Å². The molecule has 1 aromatic heterocycles. The fourth-order valence-electron chi connectivity index (χ4n) is 5.09. The molecule has 1 saturated carbocycles. The van der Waals surface area contributed by atoms with E-state index in [9.17, 15) is 9.59 Å². The standard InChI is InChI=1S/C25H35N3O3/c1-17(24(29)26-20-7-5-3-4-6-8-20)18-11-13-28(14-12-18)25(30)23-15-19-9-10-21(31-2)16-22(19)27-23/h9-10,15-18,20,27H,3-8,11-14H2,1-2H3,(H,26,29)/t17-/m1/s1. The number of ether oxygens (including phenoxy) is 1. The number of hydrogen-bond donors (Lipinski definition) is 2. The van der Waals surface area contributed by atoms with Gasteiger partial charge < -0.3 is 19.9 Å². The van der Waals surface area contributed by atoms with Gasteiger partial charge in [-0.3, -0.25) is 9.59 Å². The molecule has 2 heterocycles. The maximum Gasteiger partial charge on any atom is 0.270 e. The van der Waals surface area contributed by atoms with Crippen LogP contribution in [0.3, 0.4) is 0 Å². The highest BCUT2D eigenvalue weighted by Crippen LogP contribution is 2.28. The topological polar surface area (TPSA) is 74.4 Å². The number of aromatic nitrogens is 1. The van der Waals surface area contributed by atoms with E-state index in [1.54, 1.807) is 7.11 Å². The summed E-state index contributed by atoms with van der Waals surface area (Å²) >= 11 is 0. The number of hydrogen-bond acceptors (Lipinski definition) is 3. The van der Waals surface area contributed by atoms with Crippen LogP contribution in [0.5, 0.6) is 5.75 Å². The second-order valence-corrected chi connectivity index (χ2v) is 9.25. The van der Waals surface area contributed by atoms with Crippen molar-refractivity contribution in [3.63, 3.8) is 0 Å². The first kappa shape index (κ1) is 21.7. The molecule has 1 atom stereocenters. The minimum absolute atomic E-state index is 0.000968. The number of nitrogens with zero attached hydrogens (tertiary/aromatic N) is 1. The molecule has 168 valence electrons. The predicted molar refractivity (Wildman–Crippen MR) is 122 cm³/mol. The lowest BCUT2D eigenvalue weighted by Crippen LogP contribution is -2.44. The van der Waals surface area contributed by atoms with Crippen molar-refractivity contribution in [2.45, 2.75) is 64.3 Å². The van der Waals surface area contributed by atoms with E-state index >= 15 is 0 Å². The van der Waals surface area contributed by atoms with Crippen molar-refractivity contribution in [2.24, 2.45) is 11.8 Å². The third-order valence-corrected chi connectivity index (χ3v) is 7.21. The lowest BCUT2D eigenvalue weighted by atomic mass is 9.84. The number of nitrogens with one attached hydrogen (secondary N) is 2. The molecule has 0 bridgehead atoms. The van der Waals surface area contributed by atoms with E-state index in [2.05, 4.69) is 17.2 Å². The van der Waals surface area contributed by atoms with E-state index in [-0.39, 0.29) is 17.7 Å². The Balaban J connectivity index is 1.31. The summed E-state index contributed by atoms with van der Waals surface area (Å²) in [6.07, 6.45) is 9.00. The van der Waals surface area contributed by atoms with Gasteiger partial charge in [0.25, 0.3) is 5.91 Å². The molecule has 2 amide bonds. The van der Waals surface area contributed by atoms with Crippen molar-refractivity contribution in [3.8, 4) is 5.75 Å². The Bertz CT molecular complexity index is 906. The molecule has 6 nitrogen and oxygen atoms in total. The van der Waals surface area contributed by atoms with Crippen LogP contribution < -0.4 is 10.1 Å². The first-order chi connectivity index (χ1) is 15.0. The Morgan fingerprint density at radius 3 is 2.45 bits per heavy atom. The SMILES string of the molecule is COc1ccc2cc(C(=O)N3CCC([C@@H](C)C(=O)NC4CCCCCC4)CC3)[nH]c2c1. The van der Waals surface area contributed by atoms with Crippen LogP contribution in [-0.2, 0) is 4.79 Å². The quantitative estimate of drug-likeness (QED) is 0.693. The minimum Gasteiger partial charge on any atom is -0.497 e. The lowest BCUT2D eigenvalue weighted by molar-refractivity contribution is -0.127. The van der Waals surface area contributed by atoms with Crippen LogP contribution in [0.4, 0.5) is 0 Å². The van der Waals surface area contributed by atoms with Gasteiger partial charge in [-0.25, -0.2) is 0 Å². The van der Waals surface area contributed by atoms with Crippen LogP contribution in [0.1, 0.15) is 68.8 Å². The maximum absolute atomic E-state index is 13.0. The molecule has 1 aliphatic carbocycles. The van der Waals surface area contributed by atoms with Crippen LogP contribution in [0.15, 0.2) is 24.3 Å². The number of aromatic amines is 1. The summed E-state index contributed by atoms with van der Waals surface area (Å²) in [5.74, 6) is 1.33. The fourth-order valence-corrected chi connectivity index (χ4v) is 5.09. The molecular formula is C25H35N3O3. The van der Waals surface area contributed by atoms with Crippen molar-refractivity contribution >= 4 is 22.7 Å². The van der Waals surface area contributed by atoms with Crippen molar-refractivity contribution in [2.75, 3.05) is 20.2 Å². The minimum atomic E-state index is 0.000968. The molecule has 6 heteroatoms. The fraction of sp³-hybridized carbons (Fsp3) is 0.600. The average Bonchev–Trinajstić information content (AvgIpc) is 3.06. The van der Waals surface area contributed by atoms with Crippen LogP contribution in [0.2, 0.25) is 0 Å². The Morgan fingerprint density at radius 2 is 1.77 bits per heavy atom. The van der Waals surface area contributed by atoms with E-state index in [0.29, 0.717) is 30.7 Å². The second-order valence-electron chi connectivity index (χ2n) is 9.25. The number of rotatable bonds is 5. The first-order valence-corrected chi connectivity index (χ1v) is 11.8. The molecule has 0 radical (unpaired) electrons. The summed E-state index contributed by atoms with van der Waals surface area (Å²) in [5.41, 5.74) is 1.52. The third-order valence-electron chi connectivity index (χ3n) is 7.21. The summed E-state index contributed by atoms with van der Waals surface area (Å²) in [4.78, 5) is 31.0. The molecule has 2 aromatic rings. The summed E-state index contributed by atoms with van der Waals surface area (Å²) in [7, 11) is 1.64.